The van der Waals surface area contributed by atoms with E-state index in [1.54, 1.807) is 7.11 Å². The SMILES string of the molecule is COC(C)c1nc(Br)no1. The molecule has 10 heavy (non-hydrogen) atoms. The monoisotopic (exact) mass is 206 g/mol. The number of hydrogen-bond acceptors (Lipinski definition) is 4. The summed E-state index contributed by atoms with van der Waals surface area (Å²) in [4.78, 5) is 3.90. The molecule has 4 nitrogen and oxygen atoms in total. The van der Waals surface area contributed by atoms with Gasteiger partial charge in [-0.3, -0.25) is 0 Å². The molecule has 0 amide bonds. The molecule has 0 N–H and O–H groups in total. The van der Waals surface area contributed by atoms with Gasteiger partial charge in [-0.2, -0.15) is 4.98 Å². The summed E-state index contributed by atoms with van der Waals surface area (Å²) in [6, 6.07) is 0. The van der Waals surface area contributed by atoms with Gasteiger partial charge in [0.05, 0.1) is 0 Å². The summed E-state index contributed by atoms with van der Waals surface area (Å²) >= 11 is 3.06. The molecule has 56 valence electrons. The molecule has 0 bridgehead atoms. The minimum atomic E-state index is -0.140. The van der Waals surface area contributed by atoms with E-state index < -0.39 is 0 Å². The first-order valence-corrected chi connectivity index (χ1v) is 3.55. The predicted octanol–water partition coefficient (Wildman–Crippen LogP) is 1.54. The number of hydrogen-bond donors (Lipinski definition) is 0. The lowest BCUT2D eigenvalue weighted by Crippen LogP contribution is -1.94. The van der Waals surface area contributed by atoms with Gasteiger partial charge in [0.1, 0.15) is 6.10 Å². The quantitative estimate of drug-likeness (QED) is 0.737. The first kappa shape index (κ1) is 7.68. The number of methoxy groups -OCH3 is 1. The Morgan fingerprint density at radius 2 is 2.40 bits per heavy atom. The molecule has 1 aromatic rings. The first-order valence-electron chi connectivity index (χ1n) is 2.76. The lowest BCUT2D eigenvalue weighted by atomic mass is 10.4. The fourth-order valence-electron chi connectivity index (χ4n) is 0.482. The van der Waals surface area contributed by atoms with Crippen LogP contribution in [0.4, 0.5) is 0 Å². The van der Waals surface area contributed by atoms with E-state index in [0.29, 0.717) is 10.6 Å². The fourth-order valence-corrected chi connectivity index (χ4v) is 0.729. The standard InChI is InChI=1S/C5H7BrN2O2/c1-3(9-2)4-7-5(6)8-10-4/h3H,1-2H3. The Balaban J connectivity index is 2.74. The van der Waals surface area contributed by atoms with Gasteiger partial charge < -0.3 is 9.26 Å². The highest BCUT2D eigenvalue weighted by Gasteiger charge is 2.10. The molecule has 0 aliphatic carbocycles. The molecule has 5 heteroatoms. The van der Waals surface area contributed by atoms with Crippen molar-refractivity contribution in [2.75, 3.05) is 7.11 Å². The third-order valence-corrected chi connectivity index (χ3v) is 1.44. The number of halogens is 1. The minimum absolute atomic E-state index is 0.140. The molecule has 1 heterocycles. The molecule has 1 rings (SSSR count). The molecule has 1 aromatic heterocycles. The van der Waals surface area contributed by atoms with Crippen molar-refractivity contribution < 1.29 is 9.26 Å². The molecule has 0 aliphatic rings. The Hall–Kier alpha value is -0.420. The van der Waals surface area contributed by atoms with Gasteiger partial charge >= 0.3 is 0 Å². The van der Waals surface area contributed by atoms with Crippen LogP contribution >= 0.6 is 15.9 Å². The van der Waals surface area contributed by atoms with E-state index in [9.17, 15) is 0 Å². The molecular formula is C5H7BrN2O2. The second-order valence-corrected chi connectivity index (χ2v) is 2.49. The van der Waals surface area contributed by atoms with Gasteiger partial charge in [-0.25, -0.2) is 0 Å². The van der Waals surface area contributed by atoms with Crippen LogP contribution < -0.4 is 0 Å². The molecule has 0 saturated carbocycles. The lowest BCUT2D eigenvalue weighted by molar-refractivity contribution is 0.0886. The van der Waals surface area contributed by atoms with Crippen LogP contribution in [0, 0.1) is 0 Å². The molecule has 0 aliphatic heterocycles. The maximum Gasteiger partial charge on any atom is 0.256 e. The molecular weight excluding hydrogens is 200 g/mol. The zero-order valence-electron chi connectivity index (χ0n) is 5.67. The van der Waals surface area contributed by atoms with Crippen molar-refractivity contribution in [3.63, 3.8) is 0 Å². The van der Waals surface area contributed by atoms with Crippen molar-refractivity contribution in [1.82, 2.24) is 10.1 Å². The van der Waals surface area contributed by atoms with E-state index >= 15 is 0 Å². The molecule has 0 saturated heterocycles. The second-order valence-electron chi connectivity index (χ2n) is 1.78. The minimum Gasteiger partial charge on any atom is -0.372 e. The smallest absolute Gasteiger partial charge is 0.256 e. The van der Waals surface area contributed by atoms with Crippen molar-refractivity contribution in [1.29, 1.82) is 0 Å². The number of nitrogens with zero attached hydrogens (tertiary/aromatic N) is 2. The lowest BCUT2D eigenvalue weighted by Gasteiger charge is -2.00. The Labute approximate surface area is 66.7 Å². The zero-order chi connectivity index (χ0) is 7.56. The van der Waals surface area contributed by atoms with Gasteiger partial charge in [0, 0.05) is 7.11 Å². The summed E-state index contributed by atoms with van der Waals surface area (Å²) in [5.41, 5.74) is 0. The molecule has 0 aromatic carbocycles. The summed E-state index contributed by atoms with van der Waals surface area (Å²) in [5, 5.41) is 3.54. The topological polar surface area (TPSA) is 48.2 Å². The molecule has 1 unspecified atom stereocenters. The van der Waals surface area contributed by atoms with Crippen LogP contribution in [0.1, 0.15) is 18.9 Å². The summed E-state index contributed by atoms with van der Waals surface area (Å²) in [6.07, 6.45) is -0.140. The van der Waals surface area contributed by atoms with E-state index in [2.05, 4.69) is 26.1 Å². The van der Waals surface area contributed by atoms with Crippen LogP contribution in [0.5, 0.6) is 0 Å². The summed E-state index contributed by atoms with van der Waals surface area (Å²) in [6.45, 7) is 1.83. The maximum atomic E-state index is 4.93. The average Bonchev–Trinajstić information content (AvgIpc) is 2.34. The van der Waals surface area contributed by atoms with Crippen molar-refractivity contribution >= 4 is 15.9 Å². The van der Waals surface area contributed by atoms with Gasteiger partial charge in [-0.05, 0) is 28.0 Å². The van der Waals surface area contributed by atoms with E-state index in [1.165, 1.54) is 0 Å². The summed E-state index contributed by atoms with van der Waals surface area (Å²) in [7, 11) is 1.59. The van der Waals surface area contributed by atoms with E-state index in [0.717, 1.165) is 0 Å². The highest BCUT2D eigenvalue weighted by atomic mass is 79.9. The highest BCUT2D eigenvalue weighted by molar-refractivity contribution is 9.10. The highest BCUT2D eigenvalue weighted by Crippen LogP contribution is 2.14. The van der Waals surface area contributed by atoms with Crippen LogP contribution in [0.3, 0.4) is 0 Å². The maximum absolute atomic E-state index is 4.93. The Morgan fingerprint density at radius 3 is 2.80 bits per heavy atom. The third kappa shape index (κ3) is 1.54. The second kappa shape index (κ2) is 3.12. The molecule has 1 atom stereocenters. The Kier molecular flexibility index (Phi) is 2.39. The Bertz CT molecular complexity index is 213. The molecule has 0 fully saturated rings. The van der Waals surface area contributed by atoms with Gasteiger partial charge in [0.2, 0.25) is 4.73 Å². The van der Waals surface area contributed by atoms with E-state index in [4.69, 9.17) is 9.26 Å². The van der Waals surface area contributed by atoms with E-state index in [1.807, 2.05) is 6.92 Å². The van der Waals surface area contributed by atoms with Crippen LogP contribution in [0.25, 0.3) is 0 Å². The first-order chi connectivity index (χ1) is 4.74. The average molecular weight is 207 g/mol. The van der Waals surface area contributed by atoms with Gasteiger partial charge in [0.15, 0.2) is 0 Å². The Morgan fingerprint density at radius 1 is 1.70 bits per heavy atom. The normalized spacial score (nSPS) is 13.5. The summed E-state index contributed by atoms with van der Waals surface area (Å²) in [5.74, 6) is 0.481. The molecule has 0 radical (unpaired) electrons. The van der Waals surface area contributed by atoms with Gasteiger partial charge in [-0.15, -0.1) is 0 Å². The fraction of sp³-hybridized carbons (Fsp3) is 0.600. The predicted molar refractivity (Wildman–Crippen MR) is 37.4 cm³/mol. The van der Waals surface area contributed by atoms with Crippen LogP contribution in [0.2, 0.25) is 0 Å². The number of aromatic nitrogens is 2. The van der Waals surface area contributed by atoms with Crippen LogP contribution in [-0.2, 0) is 4.74 Å². The van der Waals surface area contributed by atoms with Gasteiger partial charge in [0.25, 0.3) is 5.89 Å². The van der Waals surface area contributed by atoms with Crippen molar-refractivity contribution in [2.45, 2.75) is 13.0 Å². The van der Waals surface area contributed by atoms with Crippen LogP contribution in [-0.4, -0.2) is 17.3 Å². The van der Waals surface area contributed by atoms with Crippen molar-refractivity contribution in [3.05, 3.63) is 10.6 Å². The number of ether oxygens (including phenoxy) is 1. The largest absolute Gasteiger partial charge is 0.372 e. The zero-order valence-corrected chi connectivity index (χ0v) is 7.25. The summed E-state index contributed by atoms with van der Waals surface area (Å²) < 4.78 is 10.2. The van der Waals surface area contributed by atoms with Crippen LogP contribution in [0.15, 0.2) is 9.26 Å². The molecule has 0 spiro atoms. The van der Waals surface area contributed by atoms with E-state index in [-0.39, 0.29) is 6.10 Å². The van der Waals surface area contributed by atoms with Crippen molar-refractivity contribution in [3.8, 4) is 0 Å². The van der Waals surface area contributed by atoms with Gasteiger partial charge in [-0.1, -0.05) is 0 Å². The number of rotatable bonds is 2. The third-order valence-electron chi connectivity index (χ3n) is 1.12. The van der Waals surface area contributed by atoms with Crippen molar-refractivity contribution in [2.24, 2.45) is 0 Å².